The van der Waals surface area contributed by atoms with E-state index in [1.807, 2.05) is 0 Å². The van der Waals surface area contributed by atoms with Gasteiger partial charge in [0.15, 0.2) is 5.54 Å². The number of nitrogens with one attached hydrogen (secondary N) is 1. The van der Waals surface area contributed by atoms with Crippen molar-refractivity contribution in [1.29, 1.82) is 0 Å². The Bertz CT molecular complexity index is 299. The first-order valence-corrected chi connectivity index (χ1v) is 4.28. The second-order valence-corrected chi connectivity index (χ2v) is 3.22. The summed E-state index contributed by atoms with van der Waals surface area (Å²) in [5.74, 6) is -0.363. The molecule has 1 fully saturated rings. The van der Waals surface area contributed by atoms with Gasteiger partial charge in [0, 0.05) is 0 Å². The summed E-state index contributed by atoms with van der Waals surface area (Å²) in [6, 6.07) is 3.41. The molecule has 4 nitrogen and oxygen atoms in total. The van der Waals surface area contributed by atoms with Crippen LogP contribution < -0.4 is 5.32 Å². The smallest absolute Gasteiger partial charge is 0.331 e. The molecule has 4 heteroatoms. The van der Waals surface area contributed by atoms with E-state index in [0.29, 0.717) is 12.2 Å². The van der Waals surface area contributed by atoms with Gasteiger partial charge in [-0.05, 0) is 31.5 Å². The number of carbonyl (C=O) groups is 1. The Balaban J connectivity index is 2.39. The van der Waals surface area contributed by atoms with Crippen LogP contribution in [0.25, 0.3) is 0 Å². The fraction of sp³-hybridized carbons (Fsp3) is 0.444. The highest BCUT2D eigenvalue weighted by atomic mass is 16.4. The third-order valence-corrected chi connectivity index (χ3v) is 2.46. The predicted octanol–water partition coefficient (Wildman–Crippen LogP) is 0.943. The fourth-order valence-electron chi connectivity index (χ4n) is 1.76. The normalized spacial score (nSPS) is 27.7. The minimum absolute atomic E-state index is 0.498. The summed E-state index contributed by atoms with van der Waals surface area (Å²) in [7, 11) is 0. The highest BCUT2D eigenvalue weighted by molar-refractivity contribution is 5.80. The third-order valence-electron chi connectivity index (χ3n) is 2.46. The number of hydrogen-bond acceptors (Lipinski definition) is 3. The number of hydrogen-bond donors (Lipinski definition) is 2. The lowest BCUT2D eigenvalue weighted by Crippen LogP contribution is -2.44. The molecule has 0 bridgehead atoms. The van der Waals surface area contributed by atoms with E-state index >= 15 is 0 Å². The fourth-order valence-corrected chi connectivity index (χ4v) is 1.76. The van der Waals surface area contributed by atoms with Gasteiger partial charge in [0.2, 0.25) is 0 Å². The Morgan fingerprint density at radius 2 is 2.54 bits per heavy atom. The van der Waals surface area contributed by atoms with E-state index in [1.54, 1.807) is 12.1 Å². The SMILES string of the molecule is O=C(O)[C@]1(c2ccco2)CCCN1. The second kappa shape index (κ2) is 2.88. The number of carboxylic acid groups (broad SMARTS) is 1. The highest BCUT2D eigenvalue weighted by Gasteiger charge is 2.45. The van der Waals surface area contributed by atoms with Crippen molar-refractivity contribution in [1.82, 2.24) is 5.32 Å². The molecule has 13 heavy (non-hydrogen) atoms. The lowest BCUT2D eigenvalue weighted by atomic mass is 9.95. The van der Waals surface area contributed by atoms with Crippen molar-refractivity contribution in [3.63, 3.8) is 0 Å². The van der Waals surface area contributed by atoms with Crippen molar-refractivity contribution in [3.8, 4) is 0 Å². The number of rotatable bonds is 2. The molecule has 1 saturated heterocycles. The number of furan rings is 1. The highest BCUT2D eigenvalue weighted by Crippen LogP contribution is 2.31. The minimum Gasteiger partial charge on any atom is -0.480 e. The Labute approximate surface area is 75.6 Å². The molecule has 1 aromatic rings. The number of aliphatic carboxylic acids is 1. The van der Waals surface area contributed by atoms with Crippen molar-refractivity contribution >= 4 is 5.97 Å². The zero-order valence-electron chi connectivity index (χ0n) is 7.12. The van der Waals surface area contributed by atoms with Gasteiger partial charge in [-0.3, -0.25) is 5.32 Å². The van der Waals surface area contributed by atoms with Crippen LogP contribution in [0.5, 0.6) is 0 Å². The zero-order chi connectivity index (χ0) is 9.31. The molecular formula is C9H11NO3. The van der Waals surface area contributed by atoms with E-state index < -0.39 is 11.5 Å². The molecule has 1 atom stereocenters. The van der Waals surface area contributed by atoms with Crippen LogP contribution in [-0.4, -0.2) is 17.6 Å². The maximum Gasteiger partial charge on any atom is 0.331 e. The van der Waals surface area contributed by atoms with Crippen molar-refractivity contribution in [2.75, 3.05) is 6.54 Å². The maximum atomic E-state index is 11.1. The van der Waals surface area contributed by atoms with Crippen molar-refractivity contribution in [3.05, 3.63) is 24.2 Å². The van der Waals surface area contributed by atoms with Gasteiger partial charge in [0.25, 0.3) is 0 Å². The van der Waals surface area contributed by atoms with Crippen LogP contribution in [0.3, 0.4) is 0 Å². The van der Waals surface area contributed by atoms with Gasteiger partial charge in [-0.15, -0.1) is 0 Å². The monoisotopic (exact) mass is 181 g/mol. The van der Waals surface area contributed by atoms with Crippen LogP contribution in [0.1, 0.15) is 18.6 Å². The van der Waals surface area contributed by atoms with E-state index in [1.165, 1.54) is 6.26 Å². The first kappa shape index (κ1) is 8.31. The number of carboxylic acids is 1. The summed E-state index contributed by atoms with van der Waals surface area (Å²) in [6.07, 6.45) is 2.96. The van der Waals surface area contributed by atoms with Gasteiger partial charge >= 0.3 is 5.97 Å². The van der Waals surface area contributed by atoms with E-state index in [4.69, 9.17) is 9.52 Å². The molecule has 0 aliphatic carbocycles. The average molecular weight is 181 g/mol. The van der Waals surface area contributed by atoms with Gasteiger partial charge in [-0.2, -0.15) is 0 Å². The molecule has 2 heterocycles. The summed E-state index contributed by atoms with van der Waals surface area (Å²) in [4.78, 5) is 11.1. The lowest BCUT2D eigenvalue weighted by Gasteiger charge is -2.21. The molecule has 0 saturated carbocycles. The molecule has 0 spiro atoms. The zero-order valence-corrected chi connectivity index (χ0v) is 7.12. The third kappa shape index (κ3) is 1.14. The summed E-state index contributed by atoms with van der Waals surface area (Å²) < 4.78 is 5.14. The predicted molar refractivity (Wildman–Crippen MR) is 45.3 cm³/mol. The lowest BCUT2D eigenvalue weighted by molar-refractivity contribution is -0.145. The van der Waals surface area contributed by atoms with Crippen molar-refractivity contribution < 1.29 is 14.3 Å². The average Bonchev–Trinajstić information content (AvgIpc) is 2.75. The van der Waals surface area contributed by atoms with E-state index in [-0.39, 0.29) is 0 Å². The standard InChI is InChI=1S/C9H11NO3/c11-8(12)9(4-2-5-10-9)7-3-1-6-13-7/h1,3,6,10H,2,4-5H2,(H,11,12)/t9-/m1/s1. The van der Waals surface area contributed by atoms with Gasteiger partial charge in [-0.1, -0.05) is 0 Å². The molecule has 0 radical (unpaired) electrons. The quantitative estimate of drug-likeness (QED) is 0.712. The summed E-state index contributed by atoms with van der Waals surface area (Å²) >= 11 is 0. The molecule has 70 valence electrons. The molecule has 1 aromatic heterocycles. The van der Waals surface area contributed by atoms with Crippen LogP contribution >= 0.6 is 0 Å². The van der Waals surface area contributed by atoms with Gasteiger partial charge in [-0.25, -0.2) is 4.79 Å². The Hall–Kier alpha value is -1.29. The van der Waals surface area contributed by atoms with Crippen LogP contribution in [-0.2, 0) is 10.3 Å². The van der Waals surface area contributed by atoms with Crippen LogP contribution in [0, 0.1) is 0 Å². The molecule has 2 rings (SSSR count). The minimum atomic E-state index is -0.983. The summed E-state index contributed by atoms with van der Waals surface area (Å²) in [5.41, 5.74) is -0.983. The maximum absolute atomic E-state index is 11.1. The Kier molecular flexibility index (Phi) is 1.84. The summed E-state index contributed by atoms with van der Waals surface area (Å²) in [5, 5.41) is 12.1. The molecular weight excluding hydrogens is 170 g/mol. The first-order chi connectivity index (χ1) is 6.26. The largest absolute Gasteiger partial charge is 0.480 e. The Morgan fingerprint density at radius 1 is 1.69 bits per heavy atom. The molecule has 0 unspecified atom stereocenters. The van der Waals surface area contributed by atoms with E-state index in [9.17, 15) is 4.79 Å². The van der Waals surface area contributed by atoms with Crippen LogP contribution in [0.15, 0.2) is 22.8 Å². The van der Waals surface area contributed by atoms with Gasteiger partial charge in [0.1, 0.15) is 5.76 Å². The molecule has 2 N–H and O–H groups in total. The van der Waals surface area contributed by atoms with Gasteiger partial charge < -0.3 is 9.52 Å². The molecule has 1 aliphatic heterocycles. The topological polar surface area (TPSA) is 62.5 Å². The van der Waals surface area contributed by atoms with Crippen LogP contribution in [0.4, 0.5) is 0 Å². The van der Waals surface area contributed by atoms with Crippen molar-refractivity contribution in [2.45, 2.75) is 18.4 Å². The Morgan fingerprint density at radius 3 is 3.00 bits per heavy atom. The van der Waals surface area contributed by atoms with E-state index in [2.05, 4.69) is 5.32 Å². The molecule has 0 aromatic carbocycles. The first-order valence-electron chi connectivity index (χ1n) is 4.28. The molecule has 0 amide bonds. The van der Waals surface area contributed by atoms with E-state index in [0.717, 1.165) is 13.0 Å². The molecule has 1 aliphatic rings. The van der Waals surface area contributed by atoms with Gasteiger partial charge in [0.05, 0.1) is 6.26 Å². The summed E-state index contributed by atoms with van der Waals surface area (Å²) in [6.45, 7) is 0.729. The van der Waals surface area contributed by atoms with Crippen molar-refractivity contribution in [2.24, 2.45) is 0 Å². The van der Waals surface area contributed by atoms with Crippen LogP contribution in [0.2, 0.25) is 0 Å². The second-order valence-electron chi connectivity index (χ2n) is 3.22.